The smallest absolute Gasteiger partial charge is 0.234 e. The van der Waals surface area contributed by atoms with Crippen LogP contribution in [0.4, 0.5) is 0 Å². The van der Waals surface area contributed by atoms with Gasteiger partial charge < -0.3 is 14.2 Å². The number of benzene rings is 2. The molecule has 2 aromatic carbocycles. The lowest BCUT2D eigenvalue weighted by Crippen LogP contribution is -2.03. The Bertz CT molecular complexity index is 1050. The predicted molar refractivity (Wildman–Crippen MR) is 102 cm³/mol. The number of nitrogens with zero attached hydrogens (tertiary/aromatic N) is 4. The zero-order valence-electron chi connectivity index (χ0n) is 14.3. The topological polar surface area (TPSA) is 70.8 Å². The maximum absolute atomic E-state index is 6.10. The van der Waals surface area contributed by atoms with Crippen molar-refractivity contribution in [1.29, 1.82) is 0 Å². The third-order valence-corrected chi connectivity index (χ3v) is 4.90. The van der Waals surface area contributed by atoms with Crippen molar-refractivity contribution < 1.29 is 14.2 Å². The summed E-state index contributed by atoms with van der Waals surface area (Å²) in [6.45, 7) is 0.554. The average Bonchev–Trinajstić information content (AvgIpc) is 3.27. The van der Waals surface area contributed by atoms with Crippen LogP contribution in [-0.4, -0.2) is 26.9 Å². The van der Waals surface area contributed by atoms with Crippen LogP contribution >= 0.6 is 22.9 Å². The van der Waals surface area contributed by atoms with Gasteiger partial charge >= 0.3 is 0 Å². The molecule has 0 unspecified atom stereocenters. The van der Waals surface area contributed by atoms with E-state index in [0.717, 1.165) is 10.8 Å². The zero-order valence-corrected chi connectivity index (χ0v) is 15.9. The zero-order chi connectivity index (χ0) is 18.6. The first-order valence-electron chi connectivity index (χ1n) is 8.07. The summed E-state index contributed by atoms with van der Waals surface area (Å²) < 4.78 is 18.3. The largest absolute Gasteiger partial charge is 0.497 e. The highest BCUT2D eigenvalue weighted by molar-refractivity contribution is 7.16. The second kappa shape index (κ2) is 7.81. The Kier molecular flexibility index (Phi) is 5.08. The number of rotatable bonds is 7. The van der Waals surface area contributed by atoms with Gasteiger partial charge in [-0.05, 0) is 36.4 Å². The quantitative estimate of drug-likeness (QED) is 0.465. The van der Waals surface area contributed by atoms with Gasteiger partial charge in [0.2, 0.25) is 4.96 Å². The van der Waals surface area contributed by atoms with Gasteiger partial charge in [0.25, 0.3) is 0 Å². The molecular weight excluding hydrogens is 388 g/mol. The molecule has 0 saturated carbocycles. The van der Waals surface area contributed by atoms with E-state index in [2.05, 4.69) is 15.3 Å². The van der Waals surface area contributed by atoms with Crippen LogP contribution < -0.4 is 14.2 Å². The molecule has 7 nitrogen and oxygen atoms in total. The first-order chi connectivity index (χ1) is 13.2. The summed E-state index contributed by atoms with van der Waals surface area (Å²) in [6.07, 6.45) is 0. The highest BCUT2D eigenvalue weighted by atomic mass is 35.5. The van der Waals surface area contributed by atoms with Gasteiger partial charge in [-0.2, -0.15) is 9.61 Å². The Labute approximate surface area is 164 Å². The maximum Gasteiger partial charge on any atom is 0.234 e. The molecule has 0 aliphatic carbocycles. The van der Waals surface area contributed by atoms with Gasteiger partial charge in [-0.3, -0.25) is 0 Å². The monoisotopic (exact) mass is 402 g/mol. The van der Waals surface area contributed by atoms with Crippen LogP contribution in [0.5, 0.6) is 17.2 Å². The summed E-state index contributed by atoms with van der Waals surface area (Å²) >= 11 is 7.51. The van der Waals surface area contributed by atoms with Crippen LogP contribution in [-0.2, 0) is 13.2 Å². The minimum Gasteiger partial charge on any atom is -0.497 e. The lowest BCUT2D eigenvalue weighted by molar-refractivity contribution is 0.289. The van der Waals surface area contributed by atoms with Gasteiger partial charge in [0, 0.05) is 0 Å². The number of hydrogen-bond acceptors (Lipinski definition) is 7. The fourth-order valence-electron chi connectivity index (χ4n) is 2.37. The molecule has 27 heavy (non-hydrogen) atoms. The van der Waals surface area contributed by atoms with E-state index in [4.69, 9.17) is 25.8 Å². The predicted octanol–water partition coefficient (Wildman–Crippen LogP) is 4.01. The molecule has 0 spiro atoms. The molecule has 0 amide bonds. The van der Waals surface area contributed by atoms with Crippen LogP contribution in [0.2, 0.25) is 5.02 Å². The highest BCUT2D eigenvalue weighted by Gasteiger charge is 2.13. The Balaban J connectivity index is 1.43. The lowest BCUT2D eigenvalue weighted by Gasteiger charge is -2.05. The first-order valence-corrected chi connectivity index (χ1v) is 9.26. The molecule has 0 aliphatic heterocycles. The summed E-state index contributed by atoms with van der Waals surface area (Å²) in [4.78, 5) is 0.682. The van der Waals surface area contributed by atoms with E-state index in [1.807, 2.05) is 42.5 Å². The van der Waals surface area contributed by atoms with Gasteiger partial charge in [-0.15, -0.1) is 10.2 Å². The summed E-state index contributed by atoms with van der Waals surface area (Å²) in [7, 11) is 1.62. The standard InChI is InChI=1S/C18H15ClN4O3S/c1-24-12-6-8-13(9-7-12)25-10-16-20-21-18-23(16)22-17(27-18)11-26-15-5-3-2-4-14(15)19/h2-9H,10-11H2,1H3. The molecule has 4 aromatic rings. The summed E-state index contributed by atoms with van der Waals surface area (Å²) in [5.74, 6) is 2.72. The van der Waals surface area contributed by atoms with Crippen LogP contribution in [0.3, 0.4) is 0 Å². The van der Waals surface area contributed by atoms with Crippen LogP contribution in [0.25, 0.3) is 4.96 Å². The van der Waals surface area contributed by atoms with Crippen LogP contribution in [0.1, 0.15) is 10.8 Å². The molecule has 9 heteroatoms. The highest BCUT2D eigenvalue weighted by Crippen LogP contribution is 2.25. The van der Waals surface area contributed by atoms with Gasteiger partial charge in [0.15, 0.2) is 10.8 Å². The fourth-order valence-corrected chi connectivity index (χ4v) is 3.32. The van der Waals surface area contributed by atoms with E-state index in [0.29, 0.717) is 33.9 Å². The third-order valence-electron chi connectivity index (χ3n) is 3.71. The van der Waals surface area contributed by atoms with E-state index >= 15 is 0 Å². The summed E-state index contributed by atoms with van der Waals surface area (Å²) in [5, 5.41) is 14.1. The molecular formula is C18H15ClN4O3S. The second-order valence-corrected chi connectivity index (χ2v) is 6.94. The van der Waals surface area contributed by atoms with Crippen molar-refractivity contribution in [2.75, 3.05) is 7.11 Å². The number of para-hydroxylation sites is 1. The molecule has 138 valence electrons. The van der Waals surface area contributed by atoms with Gasteiger partial charge in [-0.1, -0.05) is 35.1 Å². The molecule has 2 aromatic heterocycles. The Morgan fingerprint density at radius 3 is 2.52 bits per heavy atom. The van der Waals surface area contributed by atoms with Crippen molar-refractivity contribution >= 4 is 27.9 Å². The number of methoxy groups -OCH3 is 1. The second-order valence-electron chi connectivity index (χ2n) is 5.49. The minimum absolute atomic E-state index is 0.252. The van der Waals surface area contributed by atoms with E-state index in [1.54, 1.807) is 17.7 Å². The van der Waals surface area contributed by atoms with E-state index < -0.39 is 0 Å². The fraction of sp³-hybridized carbons (Fsp3) is 0.167. The van der Waals surface area contributed by atoms with E-state index in [1.165, 1.54) is 11.3 Å². The normalized spacial score (nSPS) is 10.9. The minimum atomic E-state index is 0.252. The number of ether oxygens (including phenoxy) is 3. The molecule has 0 saturated heterocycles. The first kappa shape index (κ1) is 17.6. The van der Waals surface area contributed by atoms with Crippen molar-refractivity contribution in [3.63, 3.8) is 0 Å². The Morgan fingerprint density at radius 1 is 0.963 bits per heavy atom. The Morgan fingerprint density at radius 2 is 1.74 bits per heavy atom. The molecule has 0 N–H and O–H groups in total. The van der Waals surface area contributed by atoms with Crippen molar-refractivity contribution in [3.05, 3.63) is 64.4 Å². The molecule has 0 atom stereocenters. The number of halogens is 1. The average molecular weight is 403 g/mol. The number of hydrogen-bond donors (Lipinski definition) is 0. The van der Waals surface area contributed by atoms with E-state index in [-0.39, 0.29) is 6.61 Å². The molecule has 0 radical (unpaired) electrons. The molecule has 0 fully saturated rings. The van der Waals surface area contributed by atoms with Gasteiger partial charge in [-0.25, -0.2) is 0 Å². The lowest BCUT2D eigenvalue weighted by atomic mass is 10.3. The third kappa shape index (κ3) is 3.96. The van der Waals surface area contributed by atoms with Crippen molar-refractivity contribution in [2.24, 2.45) is 0 Å². The molecule has 0 bridgehead atoms. The van der Waals surface area contributed by atoms with E-state index in [9.17, 15) is 0 Å². The van der Waals surface area contributed by atoms with Crippen LogP contribution in [0.15, 0.2) is 48.5 Å². The molecule has 2 heterocycles. The molecule has 4 rings (SSSR count). The van der Waals surface area contributed by atoms with Gasteiger partial charge in [0.05, 0.1) is 12.1 Å². The maximum atomic E-state index is 6.10. The van der Waals surface area contributed by atoms with Gasteiger partial charge in [0.1, 0.15) is 30.5 Å². The summed E-state index contributed by atoms with van der Waals surface area (Å²) in [6, 6.07) is 14.7. The SMILES string of the molecule is COc1ccc(OCc2nnc3sc(COc4ccccc4Cl)nn23)cc1. The number of aromatic nitrogens is 4. The Hall–Kier alpha value is -2.84. The molecule has 0 aliphatic rings. The van der Waals surface area contributed by atoms with Crippen molar-refractivity contribution in [3.8, 4) is 17.2 Å². The van der Waals surface area contributed by atoms with Crippen molar-refractivity contribution in [2.45, 2.75) is 13.2 Å². The number of fused-ring (bicyclic) bond motifs is 1. The van der Waals surface area contributed by atoms with Crippen LogP contribution in [0, 0.1) is 0 Å². The van der Waals surface area contributed by atoms with Crippen molar-refractivity contribution in [1.82, 2.24) is 19.8 Å². The summed E-state index contributed by atoms with van der Waals surface area (Å²) in [5.41, 5.74) is 0.